The Morgan fingerprint density at radius 1 is 0.732 bits per heavy atom. The lowest BCUT2D eigenvalue weighted by molar-refractivity contribution is -0.161. The summed E-state index contributed by atoms with van der Waals surface area (Å²) in [6.07, 6.45) is 29.6. The Kier molecular flexibility index (Phi) is 28.2. The number of hydrogen-bond acceptors (Lipinski definition) is 6. The first-order valence-corrected chi connectivity index (χ1v) is 16.5. The molecule has 238 valence electrons. The molecule has 0 fully saturated rings. The fourth-order valence-corrected chi connectivity index (χ4v) is 4.42. The van der Waals surface area contributed by atoms with E-state index < -0.39 is 12.2 Å². The molecule has 6 nitrogen and oxygen atoms in total. The molecule has 0 rings (SSSR count). The molecule has 0 aromatic carbocycles. The van der Waals surface area contributed by atoms with Crippen LogP contribution in [0.25, 0.3) is 0 Å². The maximum absolute atomic E-state index is 12.1. The highest BCUT2D eigenvalue weighted by Crippen LogP contribution is 2.13. The molecular formula is C35H62O6. The molecule has 0 saturated carbocycles. The Bertz CT molecular complexity index is 697. The summed E-state index contributed by atoms with van der Waals surface area (Å²) in [5.74, 6) is 0.149. The zero-order valence-corrected chi connectivity index (χ0v) is 26.6. The van der Waals surface area contributed by atoms with Gasteiger partial charge in [0.15, 0.2) is 6.10 Å². The molecule has 1 unspecified atom stereocenters. The van der Waals surface area contributed by atoms with Gasteiger partial charge in [-0.1, -0.05) is 128 Å². The van der Waals surface area contributed by atoms with E-state index in [9.17, 15) is 19.8 Å². The van der Waals surface area contributed by atoms with Crippen molar-refractivity contribution in [3.8, 4) is 0 Å². The van der Waals surface area contributed by atoms with E-state index in [2.05, 4.69) is 32.9 Å². The van der Waals surface area contributed by atoms with Crippen molar-refractivity contribution in [1.82, 2.24) is 0 Å². The Morgan fingerprint density at radius 2 is 1.32 bits per heavy atom. The number of aliphatic hydroxyl groups is 2. The van der Waals surface area contributed by atoms with Crippen LogP contribution in [0, 0.1) is 5.92 Å². The molecule has 0 aromatic rings. The number of hydrogen-bond donors (Lipinski definition) is 2. The van der Waals surface area contributed by atoms with Crippen molar-refractivity contribution in [3.63, 3.8) is 0 Å². The molecule has 2 atom stereocenters. The second-order valence-corrected chi connectivity index (χ2v) is 11.5. The number of ether oxygens (including phenoxy) is 2. The van der Waals surface area contributed by atoms with Crippen LogP contribution >= 0.6 is 0 Å². The van der Waals surface area contributed by atoms with Gasteiger partial charge in [0.1, 0.15) is 6.61 Å². The van der Waals surface area contributed by atoms with Gasteiger partial charge in [-0.2, -0.15) is 0 Å². The van der Waals surface area contributed by atoms with Crippen LogP contribution in [-0.2, 0) is 19.1 Å². The van der Waals surface area contributed by atoms with E-state index >= 15 is 0 Å². The predicted molar refractivity (Wildman–Crippen MR) is 170 cm³/mol. The maximum Gasteiger partial charge on any atom is 0.306 e. The van der Waals surface area contributed by atoms with Crippen LogP contribution < -0.4 is 0 Å². The summed E-state index contributed by atoms with van der Waals surface area (Å²) >= 11 is 0. The number of allylic oxidation sites excluding steroid dienone is 4. The molecule has 2 N–H and O–H groups in total. The molecule has 0 amide bonds. The fraction of sp³-hybridized carbons (Fsp3) is 0.771. The maximum atomic E-state index is 12.1. The standard InChI is InChI=1S/C35H62O6/c1-4-5-19-25-32(37)26-21-16-12-7-6-8-14-18-23-28-35(39)41-33(29-36)30-40-34(38)27-22-17-13-10-9-11-15-20-24-31(2)3/h5,12,16,19,21,26,31-33,36-37H,4,6-11,13-15,17-18,20,22-25,27-30H2,1-3H3/b16-12+,19-5+,26-21+/t32?,33-/m0/s1. The van der Waals surface area contributed by atoms with E-state index in [1.807, 2.05) is 18.2 Å². The van der Waals surface area contributed by atoms with Gasteiger partial charge in [-0.25, -0.2) is 0 Å². The summed E-state index contributed by atoms with van der Waals surface area (Å²) in [5.41, 5.74) is 0. The third-order valence-electron chi connectivity index (χ3n) is 6.96. The Morgan fingerprint density at radius 3 is 1.93 bits per heavy atom. The van der Waals surface area contributed by atoms with Crippen LogP contribution in [0.1, 0.15) is 143 Å². The van der Waals surface area contributed by atoms with Gasteiger partial charge in [0.05, 0.1) is 12.7 Å². The highest BCUT2D eigenvalue weighted by molar-refractivity contribution is 5.70. The van der Waals surface area contributed by atoms with Crippen molar-refractivity contribution in [1.29, 1.82) is 0 Å². The second kappa shape index (κ2) is 29.6. The van der Waals surface area contributed by atoms with Crippen molar-refractivity contribution in [2.24, 2.45) is 5.92 Å². The largest absolute Gasteiger partial charge is 0.462 e. The lowest BCUT2D eigenvalue weighted by Gasteiger charge is -2.15. The topological polar surface area (TPSA) is 93.1 Å². The van der Waals surface area contributed by atoms with Gasteiger partial charge in [0.25, 0.3) is 0 Å². The van der Waals surface area contributed by atoms with Crippen molar-refractivity contribution in [2.75, 3.05) is 13.2 Å². The highest BCUT2D eigenvalue weighted by atomic mass is 16.6. The van der Waals surface area contributed by atoms with Crippen LogP contribution in [0.2, 0.25) is 0 Å². The zero-order chi connectivity index (χ0) is 30.4. The molecule has 0 aromatic heterocycles. The van der Waals surface area contributed by atoms with E-state index in [-0.39, 0.29) is 25.2 Å². The number of carbonyl (C=O) groups excluding carboxylic acids is 2. The monoisotopic (exact) mass is 578 g/mol. The van der Waals surface area contributed by atoms with Crippen LogP contribution in [0.3, 0.4) is 0 Å². The van der Waals surface area contributed by atoms with E-state index in [0.29, 0.717) is 19.3 Å². The summed E-state index contributed by atoms with van der Waals surface area (Å²) in [6.45, 7) is 6.18. The van der Waals surface area contributed by atoms with Gasteiger partial charge in [-0.3, -0.25) is 9.59 Å². The van der Waals surface area contributed by atoms with Crippen LogP contribution in [-0.4, -0.2) is 47.6 Å². The number of unbranched alkanes of at least 4 members (excludes halogenated alkanes) is 12. The van der Waals surface area contributed by atoms with Gasteiger partial charge in [-0.05, 0) is 44.4 Å². The average molecular weight is 579 g/mol. The summed E-state index contributed by atoms with van der Waals surface area (Å²) in [4.78, 5) is 24.1. The van der Waals surface area contributed by atoms with Crippen molar-refractivity contribution >= 4 is 11.9 Å². The summed E-state index contributed by atoms with van der Waals surface area (Å²) < 4.78 is 10.5. The minimum atomic E-state index is -0.795. The lowest BCUT2D eigenvalue weighted by atomic mass is 10.0. The molecule has 0 heterocycles. The third kappa shape index (κ3) is 29.4. The molecule has 0 aliphatic rings. The van der Waals surface area contributed by atoms with Crippen LogP contribution in [0.5, 0.6) is 0 Å². The third-order valence-corrected chi connectivity index (χ3v) is 6.96. The van der Waals surface area contributed by atoms with Crippen molar-refractivity contribution < 1.29 is 29.3 Å². The Labute approximate surface area is 251 Å². The Hall–Kier alpha value is -1.92. The van der Waals surface area contributed by atoms with E-state index in [4.69, 9.17) is 9.47 Å². The van der Waals surface area contributed by atoms with Gasteiger partial charge >= 0.3 is 11.9 Å². The molecule has 0 bridgehead atoms. The number of aliphatic hydroxyl groups excluding tert-OH is 2. The first kappa shape index (κ1) is 39.1. The van der Waals surface area contributed by atoms with Gasteiger partial charge in [-0.15, -0.1) is 0 Å². The van der Waals surface area contributed by atoms with Crippen LogP contribution in [0.4, 0.5) is 0 Å². The normalized spacial score (nSPS) is 13.5. The molecule has 0 spiro atoms. The summed E-state index contributed by atoms with van der Waals surface area (Å²) in [5, 5.41) is 19.3. The lowest BCUT2D eigenvalue weighted by Crippen LogP contribution is -2.28. The molecule has 6 heteroatoms. The molecule has 0 saturated heterocycles. The number of rotatable bonds is 28. The van der Waals surface area contributed by atoms with E-state index in [1.165, 1.54) is 38.5 Å². The van der Waals surface area contributed by atoms with E-state index in [1.54, 1.807) is 6.08 Å². The van der Waals surface area contributed by atoms with Gasteiger partial charge in [0, 0.05) is 12.8 Å². The van der Waals surface area contributed by atoms with Crippen LogP contribution in [0.15, 0.2) is 36.5 Å². The first-order chi connectivity index (χ1) is 19.9. The van der Waals surface area contributed by atoms with Gasteiger partial charge in [0.2, 0.25) is 0 Å². The second-order valence-electron chi connectivity index (χ2n) is 11.5. The van der Waals surface area contributed by atoms with E-state index in [0.717, 1.165) is 70.1 Å². The fourth-order valence-electron chi connectivity index (χ4n) is 4.42. The molecule has 41 heavy (non-hydrogen) atoms. The summed E-state index contributed by atoms with van der Waals surface area (Å²) in [7, 11) is 0. The first-order valence-electron chi connectivity index (χ1n) is 16.5. The molecule has 0 aliphatic carbocycles. The highest BCUT2D eigenvalue weighted by Gasteiger charge is 2.16. The van der Waals surface area contributed by atoms with Crippen molar-refractivity contribution in [2.45, 2.75) is 155 Å². The zero-order valence-electron chi connectivity index (χ0n) is 26.6. The molecular weight excluding hydrogens is 516 g/mol. The number of esters is 2. The minimum Gasteiger partial charge on any atom is -0.462 e. The molecule has 0 radical (unpaired) electrons. The molecule has 0 aliphatic heterocycles. The predicted octanol–water partition coefficient (Wildman–Crippen LogP) is 8.55. The SMILES string of the molecule is CC/C=C/CC(O)/C=C/C=C/CCCCCCCC(=O)O[C@@H](CO)COC(=O)CCCCCCCCCCC(C)C. The average Bonchev–Trinajstić information content (AvgIpc) is 2.94. The minimum absolute atomic E-state index is 0.0883. The smallest absolute Gasteiger partial charge is 0.306 e. The summed E-state index contributed by atoms with van der Waals surface area (Å²) in [6, 6.07) is 0. The quantitative estimate of drug-likeness (QED) is 0.0418. The van der Waals surface area contributed by atoms with Crippen molar-refractivity contribution in [3.05, 3.63) is 36.5 Å². The number of carbonyl (C=O) groups is 2. The van der Waals surface area contributed by atoms with Gasteiger partial charge < -0.3 is 19.7 Å². The Balaban J connectivity index is 3.69.